The summed E-state index contributed by atoms with van der Waals surface area (Å²) in [6.45, 7) is 8.02. The van der Waals surface area contributed by atoms with Crippen LogP contribution in [0.2, 0.25) is 10.0 Å². The number of aromatic nitrogens is 1. The lowest BCUT2D eigenvalue weighted by molar-refractivity contribution is 0.0601. The summed E-state index contributed by atoms with van der Waals surface area (Å²) in [4.78, 5) is 27.4. The molecule has 0 saturated carbocycles. The topological polar surface area (TPSA) is 75.0 Å². The minimum Gasteiger partial charge on any atom is -0.502 e. The predicted molar refractivity (Wildman–Crippen MR) is 142 cm³/mol. The van der Waals surface area contributed by atoms with E-state index in [4.69, 9.17) is 27.9 Å². The first kappa shape index (κ1) is 25.7. The molecule has 1 amide bonds. The van der Waals surface area contributed by atoms with Crippen LogP contribution in [0.15, 0.2) is 72.2 Å². The Labute approximate surface area is 219 Å². The van der Waals surface area contributed by atoms with Gasteiger partial charge in [0.25, 0.3) is 5.91 Å². The van der Waals surface area contributed by atoms with Crippen molar-refractivity contribution in [2.24, 2.45) is 0 Å². The van der Waals surface area contributed by atoms with Crippen molar-refractivity contribution in [2.45, 2.75) is 32.4 Å². The highest BCUT2D eigenvalue weighted by Gasteiger charge is 2.39. The normalized spacial score (nSPS) is 14.8. The van der Waals surface area contributed by atoms with Crippen molar-refractivity contribution in [3.63, 3.8) is 0 Å². The number of halogens is 2. The molecule has 188 valence electrons. The summed E-state index contributed by atoms with van der Waals surface area (Å²) < 4.78 is 7.53. The number of rotatable bonds is 8. The summed E-state index contributed by atoms with van der Waals surface area (Å²) in [7, 11) is 0. The molecular formula is C27H27Cl2N3O4. The van der Waals surface area contributed by atoms with E-state index in [0.717, 1.165) is 5.56 Å². The maximum absolute atomic E-state index is 13.4. The monoisotopic (exact) mass is 527 g/mol. The highest BCUT2D eigenvalue weighted by molar-refractivity contribution is 6.43. The highest BCUT2D eigenvalue weighted by Crippen LogP contribution is 2.43. The van der Waals surface area contributed by atoms with E-state index in [1.807, 2.05) is 55.3 Å². The molecule has 0 unspecified atom stereocenters. The van der Waals surface area contributed by atoms with Crippen LogP contribution >= 0.6 is 23.2 Å². The molecule has 0 aliphatic carbocycles. The molecule has 2 aromatic carbocycles. The van der Waals surface area contributed by atoms with Crippen LogP contribution in [0.25, 0.3) is 0 Å². The van der Waals surface area contributed by atoms with Gasteiger partial charge in [-0.15, -0.1) is 0 Å². The average molecular weight is 528 g/mol. The van der Waals surface area contributed by atoms with Gasteiger partial charge < -0.3 is 14.7 Å². The molecule has 0 bridgehead atoms. The van der Waals surface area contributed by atoms with Gasteiger partial charge in [0.15, 0.2) is 11.4 Å². The van der Waals surface area contributed by atoms with E-state index < -0.39 is 23.1 Å². The number of carbonyl (C=O) groups excluding carboxylic acids is 1. The third-order valence-electron chi connectivity index (χ3n) is 6.35. The number of hydrogen-bond donors (Lipinski definition) is 1. The maximum Gasteiger partial charge on any atom is 0.278 e. The Kier molecular flexibility index (Phi) is 7.62. The molecule has 2 heterocycles. The van der Waals surface area contributed by atoms with Crippen molar-refractivity contribution in [3.05, 3.63) is 104 Å². The van der Waals surface area contributed by atoms with Crippen molar-refractivity contribution in [1.82, 2.24) is 9.58 Å². The van der Waals surface area contributed by atoms with Crippen LogP contribution in [0, 0.1) is 0 Å². The van der Waals surface area contributed by atoms with Crippen LogP contribution in [0.3, 0.4) is 0 Å². The number of hydrogen-bond acceptors (Lipinski definition) is 5. The summed E-state index contributed by atoms with van der Waals surface area (Å²) in [6.07, 6.45) is 3.80. The van der Waals surface area contributed by atoms with Crippen LogP contribution in [0.5, 0.6) is 11.5 Å². The number of fused-ring (bicyclic) bond motifs is 1. The molecule has 0 saturated heterocycles. The molecule has 1 aromatic heterocycles. The Bertz CT molecular complexity index is 1340. The van der Waals surface area contributed by atoms with Crippen molar-refractivity contribution in [3.8, 4) is 11.5 Å². The van der Waals surface area contributed by atoms with Gasteiger partial charge in [-0.3, -0.25) is 19.3 Å². The molecule has 1 N–H and O–H groups in total. The second kappa shape index (κ2) is 10.7. The molecule has 0 radical (unpaired) electrons. The van der Waals surface area contributed by atoms with Gasteiger partial charge in [0, 0.05) is 23.9 Å². The second-order valence-corrected chi connectivity index (χ2v) is 9.31. The van der Waals surface area contributed by atoms with E-state index in [9.17, 15) is 14.7 Å². The van der Waals surface area contributed by atoms with Gasteiger partial charge in [0.2, 0.25) is 5.43 Å². The minimum absolute atomic E-state index is 0.0939. The van der Waals surface area contributed by atoms with Crippen LogP contribution in [0.1, 0.15) is 47.9 Å². The fourth-order valence-electron chi connectivity index (χ4n) is 4.32. The van der Waals surface area contributed by atoms with Crippen LogP contribution in [0.4, 0.5) is 0 Å². The molecule has 36 heavy (non-hydrogen) atoms. The second-order valence-electron chi connectivity index (χ2n) is 8.53. The van der Waals surface area contributed by atoms with Gasteiger partial charge in [0.05, 0.1) is 5.02 Å². The standard InChI is InChI=1S/C27H27Cl2N3O4/c1-4-15-36-26-19(11-12-20(28)22(26)29)23(18-9-7-6-8-10-18)32-16-30(17(3)5-2)27(35)24-25(34)21(33)13-14-31(24)32/h4,6-14,17,23,34H,1,5,15-16H2,2-3H3/t17-,23+/m0/s1. The van der Waals surface area contributed by atoms with Gasteiger partial charge >= 0.3 is 0 Å². The number of ether oxygens (including phenoxy) is 1. The van der Waals surface area contributed by atoms with Crippen LogP contribution < -0.4 is 15.2 Å². The minimum atomic E-state index is -0.624. The first-order chi connectivity index (χ1) is 17.3. The zero-order valence-electron chi connectivity index (χ0n) is 20.0. The molecule has 7 nitrogen and oxygen atoms in total. The Morgan fingerprint density at radius 1 is 1.14 bits per heavy atom. The zero-order valence-corrected chi connectivity index (χ0v) is 21.5. The summed E-state index contributed by atoms with van der Waals surface area (Å²) in [6, 6.07) is 13.7. The van der Waals surface area contributed by atoms with Crippen molar-refractivity contribution in [2.75, 3.05) is 18.3 Å². The van der Waals surface area contributed by atoms with E-state index in [2.05, 4.69) is 6.58 Å². The molecular weight excluding hydrogens is 501 g/mol. The molecule has 0 fully saturated rings. The first-order valence-electron chi connectivity index (χ1n) is 11.6. The van der Waals surface area contributed by atoms with E-state index in [1.165, 1.54) is 16.9 Å². The summed E-state index contributed by atoms with van der Waals surface area (Å²) in [5.41, 5.74) is 0.854. The fourth-order valence-corrected chi connectivity index (χ4v) is 4.70. The Hall–Kier alpha value is -3.42. The number of aromatic hydroxyl groups is 1. The molecule has 4 rings (SSSR count). The van der Waals surface area contributed by atoms with E-state index in [-0.39, 0.29) is 30.0 Å². The molecule has 0 spiro atoms. The predicted octanol–water partition coefficient (Wildman–Crippen LogP) is 5.36. The summed E-state index contributed by atoms with van der Waals surface area (Å²) in [5, 5.41) is 13.2. The lowest BCUT2D eigenvalue weighted by Gasteiger charge is -2.45. The Morgan fingerprint density at radius 2 is 1.86 bits per heavy atom. The Morgan fingerprint density at radius 3 is 2.53 bits per heavy atom. The molecule has 1 aliphatic heterocycles. The Balaban J connectivity index is 2.01. The SMILES string of the molecule is C=CCOc1c([C@@H](c2ccccc2)N2CN([C@@H](C)CC)C(=O)c3c(O)c(=O)ccn32)ccc(Cl)c1Cl. The van der Waals surface area contributed by atoms with Gasteiger partial charge in [-0.25, -0.2) is 0 Å². The number of carbonyl (C=O) groups is 1. The average Bonchev–Trinajstić information content (AvgIpc) is 2.89. The van der Waals surface area contributed by atoms with Gasteiger partial charge in [-0.2, -0.15) is 0 Å². The van der Waals surface area contributed by atoms with E-state index >= 15 is 0 Å². The summed E-state index contributed by atoms with van der Waals surface area (Å²) in [5.74, 6) is -0.624. The molecule has 3 aromatic rings. The van der Waals surface area contributed by atoms with Gasteiger partial charge in [-0.05, 0) is 25.0 Å². The third kappa shape index (κ3) is 4.56. The van der Waals surface area contributed by atoms with Crippen LogP contribution in [-0.2, 0) is 0 Å². The van der Waals surface area contributed by atoms with Crippen LogP contribution in [-0.4, -0.2) is 39.9 Å². The lowest BCUT2D eigenvalue weighted by atomic mass is 9.96. The quantitative estimate of drug-likeness (QED) is 0.399. The molecule has 1 aliphatic rings. The zero-order chi connectivity index (χ0) is 26.0. The molecule has 2 atom stereocenters. The van der Waals surface area contributed by atoms with Crippen molar-refractivity contribution < 1.29 is 14.6 Å². The van der Waals surface area contributed by atoms with Gasteiger partial charge in [0.1, 0.15) is 30.1 Å². The summed E-state index contributed by atoms with van der Waals surface area (Å²) >= 11 is 13.0. The van der Waals surface area contributed by atoms with Crippen molar-refractivity contribution >= 4 is 29.1 Å². The smallest absolute Gasteiger partial charge is 0.278 e. The fraction of sp³-hybridized carbons (Fsp3) is 0.259. The molecule has 9 heteroatoms. The number of nitrogens with zero attached hydrogens (tertiary/aromatic N) is 3. The van der Waals surface area contributed by atoms with Gasteiger partial charge in [-0.1, -0.05) is 79.2 Å². The first-order valence-corrected chi connectivity index (χ1v) is 12.3. The lowest BCUT2D eigenvalue weighted by Crippen LogP contribution is -2.57. The van der Waals surface area contributed by atoms with E-state index in [1.54, 1.807) is 17.0 Å². The number of amides is 1. The largest absolute Gasteiger partial charge is 0.502 e. The number of pyridine rings is 1. The highest BCUT2D eigenvalue weighted by atomic mass is 35.5. The van der Waals surface area contributed by atoms with E-state index in [0.29, 0.717) is 22.8 Å². The van der Waals surface area contributed by atoms with Crippen molar-refractivity contribution in [1.29, 1.82) is 0 Å². The third-order valence-corrected chi connectivity index (χ3v) is 7.14. The number of benzene rings is 2. The maximum atomic E-state index is 13.4.